The summed E-state index contributed by atoms with van der Waals surface area (Å²) in [5, 5.41) is 21.6. The lowest BCUT2D eigenvalue weighted by atomic mass is 10.1. The van der Waals surface area contributed by atoms with Gasteiger partial charge >= 0.3 is 5.97 Å². The summed E-state index contributed by atoms with van der Waals surface area (Å²) in [7, 11) is 0. The lowest BCUT2D eigenvalue weighted by Crippen LogP contribution is -2.16. The molecule has 0 aliphatic carbocycles. The van der Waals surface area contributed by atoms with Crippen LogP contribution in [0.4, 0.5) is 0 Å². The fourth-order valence-electron chi connectivity index (χ4n) is 2.42. The van der Waals surface area contributed by atoms with Crippen LogP contribution in [0.2, 0.25) is 0 Å². The Morgan fingerprint density at radius 1 is 1.38 bits per heavy atom. The molecule has 1 aromatic carbocycles. The molecule has 1 amide bonds. The van der Waals surface area contributed by atoms with Gasteiger partial charge in [0.2, 0.25) is 0 Å². The number of nitrogens with zero attached hydrogens (tertiary/aromatic N) is 3. The standard InChI is InChI=1S/C17H16N4O3/c1-11-9-13(10-19-20-16(22)7-8-18)12(2)21(11)15-6-4-3-5-14(15)17(23)24/h3-6,9-10H,7H2,1-2H3,(H,20,22)(H,23,24)/b19-10-. The highest BCUT2D eigenvalue weighted by Crippen LogP contribution is 2.22. The van der Waals surface area contributed by atoms with Crippen LogP contribution in [-0.4, -0.2) is 27.8 Å². The van der Waals surface area contributed by atoms with Crippen molar-refractivity contribution < 1.29 is 14.7 Å². The summed E-state index contributed by atoms with van der Waals surface area (Å²) in [5.74, 6) is -1.49. The number of carboxylic acid groups (broad SMARTS) is 1. The predicted molar refractivity (Wildman–Crippen MR) is 88.2 cm³/mol. The number of benzene rings is 1. The van der Waals surface area contributed by atoms with E-state index in [-0.39, 0.29) is 12.0 Å². The van der Waals surface area contributed by atoms with Crippen LogP contribution in [0.1, 0.15) is 33.7 Å². The van der Waals surface area contributed by atoms with E-state index in [9.17, 15) is 14.7 Å². The zero-order chi connectivity index (χ0) is 17.7. The Bertz CT molecular complexity index is 859. The maximum Gasteiger partial charge on any atom is 0.337 e. The predicted octanol–water partition coefficient (Wildman–Crippen LogP) is 2.16. The summed E-state index contributed by atoms with van der Waals surface area (Å²) < 4.78 is 1.82. The smallest absolute Gasteiger partial charge is 0.337 e. The van der Waals surface area contributed by atoms with E-state index in [4.69, 9.17) is 5.26 Å². The van der Waals surface area contributed by atoms with Crippen molar-refractivity contribution >= 4 is 18.1 Å². The molecule has 2 rings (SSSR count). The van der Waals surface area contributed by atoms with Crippen molar-refractivity contribution in [2.75, 3.05) is 0 Å². The topological polar surface area (TPSA) is 107 Å². The van der Waals surface area contributed by atoms with Crippen LogP contribution in [0.25, 0.3) is 5.69 Å². The van der Waals surface area contributed by atoms with E-state index < -0.39 is 11.9 Å². The van der Waals surface area contributed by atoms with Crippen LogP contribution in [-0.2, 0) is 4.79 Å². The van der Waals surface area contributed by atoms with Crippen molar-refractivity contribution in [2.24, 2.45) is 5.10 Å². The molecule has 0 atom stereocenters. The summed E-state index contributed by atoms with van der Waals surface area (Å²) in [5.41, 5.74) is 5.40. The van der Waals surface area contributed by atoms with E-state index in [1.165, 1.54) is 6.21 Å². The van der Waals surface area contributed by atoms with Crippen LogP contribution < -0.4 is 5.43 Å². The molecule has 24 heavy (non-hydrogen) atoms. The minimum absolute atomic E-state index is 0.199. The van der Waals surface area contributed by atoms with E-state index in [0.29, 0.717) is 5.69 Å². The lowest BCUT2D eigenvalue weighted by molar-refractivity contribution is -0.120. The number of nitriles is 1. The molecule has 0 bridgehead atoms. The summed E-state index contributed by atoms with van der Waals surface area (Å²) in [4.78, 5) is 22.6. The highest BCUT2D eigenvalue weighted by molar-refractivity contribution is 5.92. The zero-order valence-electron chi connectivity index (χ0n) is 13.3. The van der Waals surface area contributed by atoms with Crippen molar-refractivity contribution in [1.29, 1.82) is 5.26 Å². The zero-order valence-corrected chi connectivity index (χ0v) is 13.3. The second kappa shape index (κ2) is 7.24. The lowest BCUT2D eigenvalue weighted by Gasteiger charge is -2.12. The van der Waals surface area contributed by atoms with Gasteiger partial charge in [-0.15, -0.1) is 0 Å². The number of para-hydroxylation sites is 1. The van der Waals surface area contributed by atoms with Crippen LogP contribution in [0.15, 0.2) is 35.4 Å². The first-order valence-electron chi connectivity index (χ1n) is 7.16. The molecular weight excluding hydrogens is 308 g/mol. The van der Waals surface area contributed by atoms with Gasteiger partial charge in [0.15, 0.2) is 0 Å². The van der Waals surface area contributed by atoms with Crippen LogP contribution >= 0.6 is 0 Å². The molecule has 1 heterocycles. The SMILES string of the molecule is Cc1cc(/C=N\NC(=O)CC#N)c(C)n1-c1ccccc1C(=O)O. The van der Waals surface area contributed by atoms with Crippen molar-refractivity contribution in [3.8, 4) is 11.8 Å². The van der Waals surface area contributed by atoms with Crippen molar-refractivity contribution in [3.05, 3.63) is 52.8 Å². The first kappa shape index (κ1) is 17.0. The summed E-state index contributed by atoms with van der Waals surface area (Å²) in [6.45, 7) is 3.70. The molecule has 0 aliphatic rings. The van der Waals surface area contributed by atoms with Gasteiger partial charge < -0.3 is 9.67 Å². The fraction of sp³-hybridized carbons (Fsp3) is 0.176. The van der Waals surface area contributed by atoms with E-state index in [1.807, 2.05) is 24.5 Å². The minimum Gasteiger partial charge on any atom is -0.478 e. The molecule has 0 aliphatic heterocycles. The molecule has 0 saturated carbocycles. The fourth-order valence-corrected chi connectivity index (χ4v) is 2.42. The maximum atomic E-state index is 11.4. The summed E-state index contributed by atoms with van der Waals surface area (Å²) in [6, 6.07) is 10.3. The molecule has 0 fully saturated rings. The van der Waals surface area contributed by atoms with E-state index >= 15 is 0 Å². The number of aromatic carboxylic acids is 1. The van der Waals surface area contributed by atoms with Crippen LogP contribution in [0.5, 0.6) is 0 Å². The number of hydrazone groups is 1. The largest absolute Gasteiger partial charge is 0.478 e. The third-order valence-electron chi connectivity index (χ3n) is 3.48. The Labute approximate surface area is 138 Å². The molecule has 7 nitrogen and oxygen atoms in total. The number of amides is 1. The molecular formula is C17H16N4O3. The first-order chi connectivity index (χ1) is 11.5. The Hall–Kier alpha value is -3.40. The second-order valence-electron chi connectivity index (χ2n) is 5.11. The molecule has 7 heteroatoms. The normalized spacial score (nSPS) is 10.5. The summed E-state index contributed by atoms with van der Waals surface area (Å²) >= 11 is 0. The number of rotatable bonds is 5. The Kier molecular flexibility index (Phi) is 5.12. The van der Waals surface area contributed by atoms with E-state index in [0.717, 1.165) is 17.0 Å². The number of aromatic nitrogens is 1. The van der Waals surface area contributed by atoms with Crippen LogP contribution in [0.3, 0.4) is 0 Å². The summed E-state index contributed by atoms with van der Waals surface area (Å²) in [6.07, 6.45) is 1.21. The van der Waals surface area contributed by atoms with Gasteiger partial charge in [-0.1, -0.05) is 12.1 Å². The number of hydrogen-bond acceptors (Lipinski definition) is 4. The Morgan fingerprint density at radius 3 is 2.75 bits per heavy atom. The maximum absolute atomic E-state index is 11.4. The quantitative estimate of drug-likeness (QED) is 0.649. The van der Waals surface area contributed by atoms with Gasteiger partial charge in [-0.2, -0.15) is 10.4 Å². The number of aryl methyl sites for hydroxylation is 1. The van der Waals surface area contributed by atoms with Crippen molar-refractivity contribution in [1.82, 2.24) is 9.99 Å². The number of carbonyl (C=O) groups excluding carboxylic acids is 1. The Balaban J connectivity index is 2.37. The number of nitrogens with one attached hydrogen (secondary N) is 1. The molecule has 0 spiro atoms. The van der Waals surface area contributed by atoms with E-state index in [2.05, 4.69) is 10.5 Å². The van der Waals surface area contributed by atoms with Crippen molar-refractivity contribution in [2.45, 2.75) is 20.3 Å². The molecule has 2 N–H and O–H groups in total. The highest BCUT2D eigenvalue weighted by atomic mass is 16.4. The Morgan fingerprint density at radius 2 is 2.08 bits per heavy atom. The minimum atomic E-state index is -1.00. The molecule has 122 valence electrons. The number of carboxylic acids is 1. The molecule has 1 aromatic heterocycles. The average molecular weight is 324 g/mol. The van der Waals surface area contributed by atoms with Gasteiger partial charge in [-0.3, -0.25) is 4.79 Å². The molecule has 0 radical (unpaired) electrons. The van der Waals surface area contributed by atoms with Gasteiger partial charge in [0.1, 0.15) is 6.42 Å². The first-order valence-corrected chi connectivity index (χ1v) is 7.16. The van der Waals surface area contributed by atoms with Gasteiger partial charge in [0.05, 0.1) is 23.5 Å². The third-order valence-corrected chi connectivity index (χ3v) is 3.48. The highest BCUT2D eigenvalue weighted by Gasteiger charge is 2.15. The van der Waals surface area contributed by atoms with E-state index in [1.54, 1.807) is 30.3 Å². The molecule has 2 aromatic rings. The monoisotopic (exact) mass is 324 g/mol. The van der Waals surface area contributed by atoms with Gasteiger partial charge in [-0.25, -0.2) is 10.2 Å². The third kappa shape index (κ3) is 3.50. The van der Waals surface area contributed by atoms with Crippen LogP contribution in [0, 0.1) is 25.2 Å². The van der Waals surface area contributed by atoms with Gasteiger partial charge in [0, 0.05) is 17.0 Å². The van der Waals surface area contributed by atoms with Gasteiger partial charge in [-0.05, 0) is 32.0 Å². The van der Waals surface area contributed by atoms with Crippen molar-refractivity contribution in [3.63, 3.8) is 0 Å². The number of carbonyl (C=O) groups is 2. The van der Waals surface area contributed by atoms with Gasteiger partial charge in [0.25, 0.3) is 5.91 Å². The average Bonchev–Trinajstić information content (AvgIpc) is 2.81. The molecule has 0 unspecified atom stereocenters. The number of hydrogen-bond donors (Lipinski definition) is 2. The molecule has 0 saturated heterocycles. The second-order valence-corrected chi connectivity index (χ2v) is 5.11.